The van der Waals surface area contributed by atoms with Gasteiger partial charge in [0.1, 0.15) is 5.82 Å². The normalized spacial score (nSPS) is 24.3. The molecule has 7 nitrogen and oxygen atoms in total. The molecule has 1 atom stereocenters. The molecule has 1 N–H and O–H groups in total. The van der Waals surface area contributed by atoms with Gasteiger partial charge in [-0.1, -0.05) is 25.1 Å². The van der Waals surface area contributed by atoms with Gasteiger partial charge >= 0.3 is 7.12 Å². The van der Waals surface area contributed by atoms with Crippen molar-refractivity contribution in [1.29, 1.82) is 0 Å². The monoisotopic (exact) mass is 411 g/mol. The fraction of sp³-hybridized carbons (Fsp3) is 0.545. The number of hydrogen-bond donors (Lipinski definition) is 1. The Morgan fingerprint density at radius 2 is 1.93 bits per heavy atom. The topological polar surface area (TPSA) is 72.9 Å². The van der Waals surface area contributed by atoms with Crippen molar-refractivity contribution in [3.63, 3.8) is 0 Å². The first kappa shape index (κ1) is 21.2. The van der Waals surface area contributed by atoms with E-state index in [4.69, 9.17) is 14.0 Å². The number of fused-ring (bicyclic) bond motifs is 1. The summed E-state index contributed by atoms with van der Waals surface area (Å²) in [7, 11) is -0.415. The Kier molecular flexibility index (Phi) is 5.85. The SMILES string of the molecule is CCC1(C)OB(c2ccc3cnc(NC(=O)CN4CCOCC4)cc3c2)OC1(C)C. The minimum absolute atomic E-state index is 0.0668. The first-order chi connectivity index (χ1) is 14.3. The zero-order chi connectivity index (χ0) is 21.4. The van der Waals surface area contributed by atoms with Crippen LogP contribution in [0.1, 0.15) is 34.1 Å². The van der Waals surface area contributed by atoms with E-state index in [1.165, 1.54) is 0 Å². The van der Waals surface area contributed by atoms with Crippen LogP contribution in [-0.2, 0) is 18.8 Å². The Balaban J connectivity index is 1.49. The standard InChI is InChI=1S/C22H30BN3O4/c1-5-22(4)21(2,3)29-23(30-22)18-7-6-16-14-24-19(13-17(16)12-18)25-20(27)15-26-8-10-28-11-9-26/h6-7,12-14H,5,8-11,15H2,1-4H3,(H,24,25,27). The molecule has 1 aromatic carbocycles. The van der Waals surface area contributed by atoms with Gasteiger partial charge in [-0.2, -0.15) is 0 Å². The van der Waals surface area contributed by atoms with Crippen LogP contribution in [0.15, 0.2) is 30.5 Å². The van der Waals surface area contributed by atoms with Crippen molar-refractivity contribution < 1.29 is 18.8 Å². The van der Waals surface area contributed by atoms with Crippen LogP contribution >= 0.6 is 0 Å². The largest absolute Gasteiger partial charge is 0.494 e. The number of ether oxygens (including phenoxy) is 1. The predicted octanol–water partition coefficient (Wildman–Crippen LogP) is 2.19. The van der Waals surface area contributed by atoms with Gasteiger partial charge in [-0.3, -0.25) is 9.69 Å². The molecule has 1 unspecified atom stereocenters. The van der Waals surface area contributed by atoms with E-state index in [0.717, 1.165) is 35.7 Å². The van der Waals surface area contributed by atoms with Crippen LogP contribution in [-0.4, -0.2) is 67.0 Å². The maximum atomic E-state index is 12.4. The summed E-state index contributed by atoms with van der Waals surface area (Å²) in [4.78, 5) is 18.9. The summed E-state index contributed by atoms with van der Waals surface area (Å²) < 4.78 is 17.9. The molecule has 30 heavy (non-hydrogen) atoms. The van der Waals surface area contributed by atoms with E-state index >= 15 is 0 Å². The molecule has 1 amide bonds. The quantitative estimate of drug-likeness (QED) is 0.761. The number of rotatable bonds is 5. The van der Waals surface area contributed by atoms with Gasteiger partial charge in [0.15, 0.2) is 0 Å². The highest BCUT2D eigenvalue weighted by Gasteiger charge is 2.53. The molecule has 2 saturated heterocycles. The van der Waals surface area contributed by atoms with E-state index in [2.05, 4.69) is 49.0 Å². The van der Waals surface area contributed by atoms with Gasteiger partial charge in [0, 0.05) is 24.7 Å². The Morgan fingerprint density at radius 1 is 1.17 bits per heavy atom. The average Bonchev–Trinajstić information content (AvgIpc) is 2.97. The zero-order valence-electron chi connectivity index (χ0n) is 18.2. The molecular weight excluding hydrogens is 381 g/mol. The molecule has 4 rings (SSSR count). The Morgan fingerprint density at radius 3 is 2.63 bits per heavy atom. The molecule has 0 saturated carbocycles. The molecule has 1 aromatic heterocycles. The fourth-order valence-corrected chi connectivity index (χ4v) is 3.96. The van der Waals surface area contributed by atoms with Crippen molar-refractivity contribution in [3.05, 3.63) is 30.5 Å². The number of aromatic nitrogens is 1. The predicted molar refractivity (Wildman–Crippen MR) is 118 cm³/mol. The van der Waals surface area contributed by atoms with Crippen LogP contribution in [0.25, 0.3) is 10.8 Å². The molecule has 2 fully saturated rings. The minimum atomic E-state index is -0.415. The fourth-order valence-electron chi connectivity index (χ4n) is 3.96. The Hall–Kier alpha value is -2.00. The Labute approximate surface area is 178 Å². The third-order valence-electron chi connectivity index (χ3n) is 6.47. The second-order valence-corrected chi connectivity index (χ2v) is 8.78. The van der Waals surface area contributed by atoms with E-state index in [1.807, 2.05) is 18.2 Å². The van der Waals surface area contributed by atoms with Gasteiger partial charge in [-0.15, -0.1) is 0 Å². The van der Waals surface area contributed by atoms with Crippen molar-refractivity contribution in [2.45, 2.75) is 45.3 Å². The lowest BCUT2D eigenvalue weighted by Gasteiger charge is -2.35. The maximum Gasteiger partial charge on any atom is 0.494 e. The zero-order valence-corrected chi connectivity index (χ0v) is 18.2. The molecule has 2 aliphatic heterocycles. The van der Waals surface area contributed by atoms with Gasteiger partial charge in [-0.25, -0.2) is 4.98 Å². The summed E-state index contributed by atoms with van der Waals surface area (Å²) in [6, 6.07) is 7.98. The molecule has 0 radical (unpaired) electrons. The molecule has 8 heteroatoms. The summed E-state index contributed by atoms with van der Waals surface area (Å²) >= 11 is 0. The van der Waals surface area contributed by atoms with Gasteiger partial charge in [0.25, 0.3) is 0 Å². The third-order valence-corrected chi connectivity index (χ3v) is 6.47. The van der Waals surface area contributed by atoms with Crippen molar-refractivity contribution in [2.75, 3.05) is 38.2 Å². The summed E-state index contributed by atoms with van der Waals surface area (Å²) in [6.07, 6.45) is 2.65. The van der Waals surface area contributed by atoms with Crippen LogP contribution in [0.5, 0.6) is 0 Å². The third kappa shape index (κ3) is 4.23. The van der Waals surface area contributed by atoms with Crippen LogP contribution in [0, 0.1) is 0 Å². The number of morpholine rings is 1. The van der Waals surface area contributed by atoms with Crippen molar-refractivity contribution in [1.82, 2.24) is 9.88 Å². The highest BCUT2D eigenvalue weighted by atomic mass is 16.7. The highest BCUT2D eigenvalue weighted by molar-refractivity contribution is 6.62. The lowest BCUT2D eigenvalue weighted by atomic mass is 9.78. The van der Waals surface area contributed by atoms with Crippen LogP contribution in [0.2, 0.25) is 0 Å². The van der Waals surface area contributed by atoms with E-state index in [-0.39, 0.29) is 17.1 Å². The van der Waals surface area contributed by atoms with Crippen LogP contribution in [0.4, 0.5) is 5.82 Å². The minimum Gasteiger partial charge on any atom is -0.399 e. The first-order valence-corrected chi connectivity index (χ1v) is 10.6. The molecule has 160 valence electrons. The molecule has 2 aromatic rings. The van der Waals surface area contributed by atoms with Gasteiger partial charge < -0.3 is 19.4 Å². The number of nitrogens with zero attached hydrogens (tertiary/aromatic N) is 2. The van der Waals surface area contributed by atoms with E-state index < -0.39 is 7.12 Å². The average molecular weight is 411 g/mol. The molecule has 0 aliphatic carbocycles. The lowest BCUT2D eigenvalue weighted by molar-refractivity contribution is -0.118. The second-order valence-electron chi connectivity index (χ2n) is 8.78. The van der Waals surface area contributed by atoms with E-state index in [1.54, 1.807) is 6.20 Å². The van der Waals surface area contributed by atoms with Crippen molar-refractivity contribution >= 4 is 35.1 Å². The molecule has 0 spiro atoms. The molecule has 0 bridgehead atoms. The number of pyridine rings is 1. The summed E-state index contributed by atoms with van der Waals surface area (Å²) in [5, 5.41) is 4.90. The number of hydrogen-bond acceptors (Lipinski definition) is 6. The van der Waals surface area contributed by atoms with E-state index in [9.17, 15) is 4.79 Å². The number of carbonyl (C=O) groups is 1. The highest BCUT2D eigenvalue weighted by Crippen LogP contribution is 2.39. The summed E-state index contributed by atoms with van der Waals surface area (Å²) in [5.74, 6) is 0.479. The number of amides is 1. The summed E-state index contributed by atoms with van der Waals surface area (Å²) in [5.41, 5.74) is 0.242. The van der Waals surface area contributed by atoms with Gasteiger partial charge in [-0.05, 0) is 44.1 Å². The number of anilines is 1. The number of nitrogens with one attached hydrogen (secondary N) is 1. The lowest BCUT2D eigenvalue weighted by Crippen LogP contribution is -2.44. The van der Waals surface area contributed by atoms with E-state index in [0.29, 0.717) is 25.6 Å². The van der Waals surface area contributed by atoms with Crippen LogP contribution in [0.3, 0.4) is 0 Å². The van der Waals surface area contributed by atoms with Crippen molar-refractivity contribution in [3.8, 4) is 0 Å². The van der Waals surface area contributed by atoms with Crippen molar-refractivity contribution in [2.24, 2.45) is 0 Å². The maximum absolute atomic E-state index is 12.4. The second kappa shape index (κ2) is 8.27. The Bertz CT molecular complexity index is 932. The molecule has 2 aliphatic rings. The summed E-state index contributed by atoms with van der Waals surface area (Å²) in [6.45, 7) is 11.6. The van der Waals surface area contributed by atoms with Crippen LogP contribution < -0.4 is 10.8 Å². The molecular formula is C22H30BN3O4. The smallest absolute Gasteiger partial charge is 0.399 e. The van der Waals surface area contributed by atoms with Gasteiger partial charge in [0.2, 0.25) is 5.91 Å². The first-order valence-electron chi connectivity index (χ1n) is 10.6. The number of benzene rings is 1. The van der Waals surface area contributed by atoms with Gasteiger partial charge in [0.05, 0.1) is 31.0 Å². The molecule has 3 heterocycles. The number of carbonyl (C=O) groups excluding carboxylic acids is 1.